The predicted molar refractivity (Wildman–Crippen MR) is 84.1 cm³/mol. The standard InChI is InChI=1S/C16H19N5O/c1-20-10-9-17-15(20)11-18-16(22)8-7-14-19-12-5-3-4-6-13(12)21(14)2/h3-6,9-10H,7-8,11H2,1-2H3,(H,18,22). The first-order chi connectivity index (χ1) is 10.6. The van der Waals surface area contributed by atoms with Gasteiger partial charge in [0.15, 0.2) is 0 Å². The summed E-state index contributed by atoms with van der Waals surface area (Å²) in [7, 11) is 3.89. The highest BCUT2D eigenvalue weighted by atomic mass is 16.1. The highest BCUT2D eigenvalue weighted by Crippen LogP contribution is 2.15. The summed E-state index contributed by atoms with van der Waals surface area (Å²) in [4.78, 5) is 20.7. The molecule has 6 nitrogen and oxygen atoms in total. The van der Waals surface area contributed by atoms with Crippen molar-refractivity contribution in [3.63, 3.8) is 0 Å². The lowest BCUT2D eigenvalue weighted by Crippen LogP contribution is -2.24. The molecule has 0 aliphatic carbocycles. The number of nitrogens with one attached hydrogen (secondary N) is 1. The Morgan fingerprint density at radius 1 is 1.23 bits per heavy atom. The molecule has 0 fully saturated rings. The molecular formula is C16H19N5O. The van der Waals surface area contributed by atoms with Crippen molar-refractivity contribution < 1.29 is 4.79 Å². The summed E-state index contributed by atoms with van der Waals surface area (Å²) in [5.74, 6) is 1.78. The first kappa shape index (κ1) is 14.3. The van der Waals surface area contributed by atoms with E-state index < -0.39 is 0 Å². The molecule has 2 heterocycles. The van der Waals surface area contributed by atoms with Gasteiger partial charge in [-0.2, -0.15) is 0 Å². The fraction of sp³-hybridized carbons (Fsp3) is 0.312. The van der Waals surface area contributed by atoms with Gasteiger partial charge < -0.3 is 14.5 Å². The number of carbonyl (C=O) groups excluding carboxylic acids is 1. The van der Waals surface area contributed by atoms with Gasteiger partial charge in [-0.25, -0.2) is 9.97 Å². The molecule has 0 saturated heterocycles. The van der Waals surface area contributed by atoms with Gasteiger partial charge >= 0.3 is 0 Å². The van der Waals surface area contributed by atoms with E-state index in [9.17, 15) is 4.79 Å². The quantitative estimate of drug-likeness (QED) is 0.777. The highest BCUT2D eigenvalue weighted by Gasteiger charge is 2.10. The second kappa shape index (κ2) is 6.01. The number of nitrogens with zero attached hydrogens (tertiary/aromatic N) is 4. The summed E-state index contributed by atoms with van der Waals surface area (Å²) >= 11 is 0. The Morgan fingerprint density at radius 3 is 2.77 bits per heavy atom. The van der Waals surface area contributed by atoms with E-state index in [1.54, 1.807) is 6.20 Å². The molecule has 0 spiro atoms. The average molecular weight is 297 g/mol. The second-order valence-electron chi connectivity index (χ2n) is 5.31. The number of hydrogen-bond acceptors (Lipinski definition) is 3. The van der Waals surface area contributed by atoms with E-state index in [2.05, 4.69) is 15.3 Å². The van der Waals surface area contributed by atoms with Gasteiger partial charge in [0, 0.05) is 39.3 Å². The van der Waals surface area contributed by atoms with E-state index in [4.69, 9.17) is 0 Å². The minimum absolute atomic E-state index is 0.00931. The Labute approximate surface area is 128 Å². The maximum absolute atomic E-state index is 12.0. The number of carbonyl (C=O) groups is 1. The van der Waals surface area contributed by atoms with Crippen molar-refractivity contribution in [2.45, 2.75) is 19.4 Å². The normalized spacial score (nSPS) is 11.0. The monoisotopic (exact) mass is 297 g/mol. The van der Waals surface area contributed by atoms with Crippen molar-refractivity contribution in [3.05, 3.63) is 48.3 Å². The first-order valence-electron chi connectivity index (χ1n) is 7.28. The van der Waals surface area contributed by atoms with Crippen molar-refractivity contribution in [2.75, 3.05) is 0 Å². The molecule has 0 atom stereocenters. The molecular weight excluding hydrogens is 278 g/mol. The maximum Gasteiger partial charge on any atom is 0.220 e. The average Bonchev–Trinajstić information content (AvgIpc) is 3.07. The van der Waals surface area contributed by atoms with Crippen LogP contribution in [0.15, 0.2) is 36.7 Å². The van der Waals surface area contributed by atoms with Crippen LogP contribution >= 0.6 is 0 Å². The van der Waals surface area contributed by atoms with Crippen LogP contribution < -0.4 is 5.32 Å². The van der Waals surface area contributed by atoms with Crippen molar-refractivity contribution in [3.8, 4) is 0 Å². The number of rotatable bonds is 5. The van der Waals surface area contributed by atoms with Crippen LogP contribution in [0.2, 0.25) is 0 Å². The molecule has 3 aromatic rings. The lowest BCUT2D eigenvalue weighted by atomic mass is 10.3. The van der Waals surface area contributed by atoms with Crippen molar-refractivity contribution in [1.29, 1.82) is 0 Å². The zero-order chi connectivity index (χ0) is 15.5. The SMILES string of the molecule is Cn1ccnc1CNC(=O)CCc1nc2ccccc2n1C. The molecule has 6 heteroatoms. The van der Waals surface area contributed by atoms with Gasteiger partial charge in [-0.05, 0) is 12.1 Å². The molecule has 1 amide bonds. The van der Waals surface area contributed by atoms with E-state index >= 15 is 0 Å². The number of benzene rings is 1. The van der Waals surface area contributed by atoms with E-state index in [0.29, 0.717) is 19.4 Å². The van der Waals surface area contributed by atoms with Gasteiger partial charge in [0.2, 0.25) is 5.91 Å². The smallest absolute Gasteiger partial charge is 0.220 e. The molecule has 2 aromatic heterocycles. The zero-order valence-corrected chi connectivity index (χ0v) is 12.8. The third-order valence-corrected chi connectivity index (χ3v) is 3.82. The molecule has 114 valence electrons. The van der Waals surface area contributed by atoms with Crippen LogP contribution in [0.4, 0.5) is 0 Å². The molecule has 0 aliphatic rings. The van der Waals surface area contributed by atoms with E-state index in [1.165, 1.54) is 0 Å². The van der Waals surface area contributed by atoms with Gasteiger partial charge in [0.1, 0.15) is 11.6 Å². The van der Waals surface area contributed by atoms with Crippen molar-refractivity contribution in [2.24, 2.45) is 14.1 Å². The van der Waals surface area contributed by atoms with Gasteiger partial charge in [-0.3, -0.25) is 4.79 Å². The summed E-state index contributed by atoms with van der Waals surface area (Å²) in [5.41, 5.74) is 2.05. The molecule has 1 aromatic carbocycles. The molecule has 3 rings (SSSR count). The summed E-state index contributed by atoms with van der Waals surface area (Å²) in [6.45, 7) is 0.449. The van der Waals surface area contributed by atoms with Crippen LogP contribution in [0.3, 0.4) is 0 Å². The van der Waals surface area contributed by atoms with E-state index in [0.717, 1.165) is 22.7 Å². The minimum atomic E-state index is 0.00931. The first-order valence-corrected chi connectivity index (χ1v) is 7.28. The number of aryl methyl sites for hydroxylation is 3. The van der Waals surface area contributed by atoms with Gasteiger partial charge in [-0.15, -0.1) is 0 Å². The van der Waals surface area contributed by atoms with Crippen LogP contribution in [0.5, 0.6) is 0 Å². The van der Waals surface area contributed by atoms with E-state index in [-0.39, 0.29) is 5.91 Å². The molecule has 1 N–H and O–H groups in total. The van der Waals surface area contributed by atoms with Gasteiger partial charge in [-0.1, -0.05) is 12.1 Å². The Morgan fingerprint density at radius 2 is 2.05 bits per heavy atom. The van der Waals surface area contributed by atoms with Crippen LogP contribution in [0, 0.1) is 0 Å². The number of hydrogen-bond donors (Lipinski definition) is 1. The van der Waals surface area contributed by atoms with Crippen molar-refractivity contribution >= 4 is 16.9 Å². The predicted octanol–water partition coefficient (Wildman–Crippen LogP) is 1.56. The topological polar surface area (TPSA) is 64.7 Å². The molecule has 0 bridgehead atoms. The Balaban J connectivity index is 1.58. The van der Waals surface area contributed by atoms with E-state index in [1.807, 2.05) is 53.7 Å². The summed E-state index contributed by atoms with van der Waals surface area (Å²) in [5, 5.41) is 2.89. The van der Waals surface area contributed by atoms with Crippen LogP contribution in [-0.2, 0) is 31.9 Å². The van der Waals surface area contributed by atoms with Crippen LogP contribution in [0.25, 0.3) is 11.0 Å². The largest absolute Gasteiger partial charge is 0.349 e. The molecule has 0 unspecified atom stereocenters. The van der Waals surface area contributed by atoms with Gasteiger partial charge in [0.05, 0.1) is 17.6 Å². The second-order valence-corrected chi connectivity index (χ2v) is 5.31. The Hall–Kier alpha value is -2.63. The third-order valence-electron chi connectivity index (χ3n) is 3.82. The van der Waals surface area contributed by atoms with Crippen molar-refractivity contribution in [1.82, 2.24) is 24.4 Å². The number of amides is 1. The lowest BCUT2D eigenvalue weighted by molar-refractivity contribution is -0.121. The summed E-state index contributed by atoms with van der Waals surface area (Å²) in [6, 6.07) is 7.99. The Kier molecular flexibility index (Phi) is 3.91. The van der Waals surface area contributed by atoms with Crippen LogP contribution in [0.1, 0.15) is 18.1 Å². The van der Waals surface area contributed by atoms with Crippen LogP contribution in [-0.4, -0.2) is 25.0 Å². The minimum Gasteiger partial charge on any atom is -0.349 e. The summed E-state index contributed by atoms with van der Waals surface area (Å²) in [6.07, 6.45) is 4.63. The number of aromatic nitrogens is 4. The zero-order valence-electron chi connectivity index (χ0n) is 12.8. The third kappa shape index (κ3) is 2.86. The number of imidazole rings is 2. The number of fused-ring (bicyclic) bond motifs is 1. The molecule has 22 heavy (non-hydrogen) atoms. The fourth-order valence-corrected chi connectivity index (χ4v) is 2.48. The van der Waals surface area contributed by atoms with Gasteiger partial charge in [0.25, 0.3) is 0 Å². The summed E-state index contributed by atoms with van der Waals surface area (Å²) < 4.78 is 3.94. The number of para-hydroxylation sites is 2. The molecule has 0 aliphatic heterocycles. The maximum atomic E-state index is 12.0. The molecule has 0 saturated carbocycles. The Bertz CT molecular complexity index is 802. The lowest BCUT2D eigenvalue weighted by Gasteiger charge is -2.05. The molecule has 0 radical (unpaired) electrons. The fourth-order valence-electron chi connectivity index (χ4n) is 2.48. The highest BCUT2D eigenvalue weighted by molar-refractivity contribution is 5.77.